The van der Waals surface area contributed by atoms with E-state index in [1.807, 2.05) is 0 Å². The van der Waals surface area contributed by atoms with Crippen molar-refractivity contribution in [2.75, 3.05) is 26.3 Å². The molecule has 0 aromatic carbocycles. The molecule has 0 saturated carbocycles. The zero-order valence-corrected chi connectivity index (χ0v) is 8.97. The third-order valence-electron chi connectivity index (χ3n) is 2.37. The lowest BCUT2D eigenvalue weighted by atomic mass is 10.0. The lowest BCUT2D eigenvalue weighted by Crippen LogP contribution is -2.39. The summed E-state index contributed by atoms with van der Waals surface area (Å²) in [6.45, 7) is 6.13. The van der Waals surface area contributed by atoms with Gasteiger partial charge in [-0.15, -0.1) is 0 Å². The van der Waals surface area contributed by atoms with E-state index < -0.39 is 0 Å². The quantitative estimate of drug-likeness (QED) is 0.665. The van der Waals surface area contributed by atoms with E-state index >= 15 is 0 Å². The van der Waals surface area contributed by atoms with Crippen molar-refractivity contribution < 1.29 is 14.3 Å². The fourth-order valence-corrected chi connectivity index (χ4v) is 1.62. The summed E-state index contributed by atoms with van der Waals surface area (Å²) in [5.41, 5.74) is -0.0908. The van der Waals surface area contributed by atoms with Crippen LogP contribution in [0, 0.1) is 0 Å². The van der Waals surface area contributed by atoms with E-state index in [0.717, 1.165) is 19.4 Å². The normalized spacial score (nSPS) is 26.4. The molecule has 1 N–H and O–H groups in total. The van der Waals surface area contributed by atoms with Gasteiger partial charge in [0.05, 0.1) is 18.8 Å². The van der Waals surface area contributed by atoms with Crippen LogP contribution in [-0.2, 0) is 14.3 Å². The maximum absolute atomic E-state index is 11.0. The van der Waals surface area contributed by atoms with Crippen molar-refractivity contribution in [3.05, 3.63) is 0 Å². The largest absolute Gasteiger partial charge is 0.465 e. The summed E-state index contributed by atoms with van der Waals surface area (Å²) in [5.74, 6) is -0.200. The molecule has 0 bridgehead atoms. The molecule has 0 spiro atoms. The Morgan fingerprint density at radius 3 is 3.00 bits per heavy atom. The molecule has 1 aliphatic heterocycles. The Bertz CT molecular complexity index is 188. The van der Waals surface area contributed by atoms with Gasteiger partial charge in [-0.2, -0.15) is 0 Å². The third kappa shape index (κ3) is 3.64. The molecule has 1 heterocycles. The van der Waals surface area contributed by atoms with Crippen LogP contribution in [0.4, 0.5) is 0 Å². The van der Waals surface area contributed by atoms with Crippen molar-refractivity contribution in [1.82, 2.24) is 5.32 Å². The van der Waals surface area contributed by atoms with E-state index in [2.05, 4.69) is 12.2 Å². The predicted molar refractivity (Wildman–Crippen MR) is 53.1 cm³/mol. The van der Waals surface area contributed by atoms with Gasteiger partial charge in [-0.1, -0.05) is 0 Å². The number of nitrogens with one attached hydrogen (secondary N) is 1. The smallest absolute Gasteiger partial charge is 0.319 e. The van der Waals surface area contributed by atoms with Crippen LogP contribution in [-0.4, -0.2) is 37.9 Å². The van der Waals surface area contributed by atoms with E-state index in [0.29, 0.717) is 13.2 Å². The number of hydrogen-bond donors (Lipinski definition) is 1. The summed E-state index contributed by atoms with van der Waals surface area (Å²) >= 11 is 0. The molecular weight excluding hydrogens is 182 g/mol. The fraction of sp³-hybridized carbons (Fsp3) is 0.900. The number of carbonyl (C=O) groups excluding carboxylic acids is 1. The Kier molecular flexibility index (Phi) is 4.35. The second-order valence-electron chi connectivity index (χ2n) is 3.81. The van der Waals surface area contributed by atoms with Gasteiger partial charge in [-0.3, -0.25) is 4.79 Å². The first-order chi connectivity index (χ1) is 6.66. The maximum atomic E-state index is 11.0. The third-order valence-corrected chi connectivity index (χ3v) is 2.37. The molecule has 4 nitrogen and oxygen atoms in total. The Hall–Kier alpha value is -0.610. The topological polar surface area (TPSA) is 47.6 Å². The van der Waals surface area contributed by atoms with Crippen LogP contribution in [0.1, 0.15) is 26.7 Å². The summed E-state index contributed by atoms with van der Waals surface area (Å²) in [5, 5.41) is 3.05. The van der Waals surface area contributed by atoms with Crippen LogP contribution in [0.25, 0.3) is 0 Å². The molecule has 0 aromatic heterocycles. The highest BCUT2D eigenvalue weighted by atomic mass is 16.5. The van der Waals surface area contributed by atoms with Gasteiger partial charge in [-0.05, 0) is 26.7 Å². The fourth-order valence-electron chi connectivity index (χ4n) is 1.62. The highest BCUT2D eigenvalue weighted by Crippen LogP contribution is 2.23. The van der Waals surface area contributed by atoms with Crippen LogP contribution in [0.2, 0.25) is 0 Å². The summed E-state index contributed by atoms with van der Waals surface area (Å²) in [6, 6.07) is 0. The summed E-state index contributed by atoms with van der Waals surface area (Å²) in [7, 11) is 0. The summed E-state index contributed by atoms with van der Waals surface area (Å²) in [4.78, 5) is 11.0. The molecule has 1 saturated heterocycles. The zero-order valence-electron chi connectivity index (χ0n) is 8.97. The van der Waals surface area contributed by atoms with Crippen LogP contribution >= 0.6 is 0 Å². The van der Waals surface area contributed by atoms with Crippen molar-refractivity contribution in [2.24, 2.45) is 0 Å². The first kappa shape index (κ1) is 11.5. The van der Waals surface area contributed by atoms with E-state index in [4.69, 9.17) is 9.47 Å². The van der Waals surface area contributed by atoms with Gasteiger partial charge in [0, 0.05) is 13.2 Å². The summed E-state index contributed by atoms with van der Waals surface area (Å²) < 4.78 is 10.4. The molecule has 4 heteroatoms. The van der Waals surface area contributed by atoms with Crippen LogP contribution in [0.3, 0.4) is 0 Å². The van der Waals surface area contributed by atoms with Crippen LogP contribution in [0.15, 0.2) is 0 Å². The molecule has 1 aliphatic rings. The molecule has 0 amide bonds. The Balaban J connectivity index is 2.11. The van der Waals surface area contributed by atoms with Crippen LogP contribution < -0.4 is 5.32 Å². The lowest BCUT2D eigenvalue weighted by Gasteiger charge is -2.23. The average molecular weight is 201 g/mol. The van der Waals surface area contributed by atoms with Gasteiger partial charge >= 0.3 is 5.97 Å². The van der Waals surface area contributed by atoms with Crippen molar-refractivity contribution in [3.63, 3.8) is 0 Å². The van der Waals surface area contributed by atoms with Crippen molar-refractivity contribution >= 4 is 5.97 Å². The number of rotatable bonds is 5. The second kappa shape index (κ2) is 5.32. The van der Waals surface area contributed by atoms with E-state index in [-0.39, 0.29) is 18.1 Å². The van der Waals surface area contributed by atoms with Gasteiger partial charge in [0.25, 0.3) is 0 Å². The first-order valence-electron chi connectivity index (χ1n) is 5.16. The SMILES string of the molecule is CCOC(=O)CNCC1(C)CCCO1. The van der Waals surface area contributed by atoms with Gasteiger partial charge in [0.15, 0.2) is 0 Å². The average Bonchev–Trinajstić information content (AvgIpc) is 2.53. The van der Waals surface area contributed by atoms with Crippen LogP contribution in [0.5, 0.6) is 0 Å². The van der Waals surface area contributed by atoms with Gasteiger partial charge in [0.2, 0.25) is 0 Å². The molecule has 0 radical (unpaired) electrons. The molecular formula is C10H19NO3. The monoisotopic (exact) mass is 201 g/mol. The zero-order chi connectivity index (χ0) is 10.4. The predicted octanol–water partition coefficient (Wildman–Crippen LogP) is 0.708. The van der Waals surface area contributed by atoms with Gasteiger partial charge in [-0.25, -0.2) is 0 Å². The Morgan fingerprint density at radius 2 is 2.43 bits per heavy atom. The number of ether oxygens (including phenoxy) is 2. The molecule has 0 aromatic rings. The first-order valence-corrected chi connectivity index (χ1v) is 5.16. The van der Waals surface area contributed by atoms with Crippen molar-refractivity contribution in [2.45, 2.75) is 32.3 Å². The molecule has 1 atom stereocenters. The minimum Gasteiger partial charge on any atom is -0.465 e. The second-order valence-corrected chi connectivity index (χ2v) is 3.81. The molecule has 82 valence electrons. The molecule has 1 rings (SSSR count). The number of esters is 1. The minimum atomic E-state index is -0.200. The number of carbonyl (C=O) groups is 1. The Labute approximate surface area is 85.0 Å². The molecule has 0 aliphatic carbocycles. The maximum Gasteiger partial charge on any atom is 0.319 e. The van der Waals surface area contributed by atoms with E-state index in [1.54, 1.807) is 6.92 Å². The van der Waals surface area contributed by atoms with Crippen molar-refractivity contribution in [3.8, 4) is 0 Å². The molecule has 14 heavy (non-hydrogen) atoms. The van der Waals surface area contributed by atoms with Gasteiger partial charge < -0.3 is 14.8 Å². The van der Waals surface area contributed by atoms with Crippen molar-refractivity contribution in [1.29, 1.82) is 0 Å². The molecule has 1 unspecified atom stereocenters. The summed E-state index contributed by atoms with van der Waals surface area (Å²) in [6.07, 6.45) is 2.17. The number of hydrogen-bond acceptors (Lipinski definition) is 4. The highest BCUT2D eigenvalue weighted by molar-refractivity contribution is 5.71. The van der Waals surface area contributed by atoms with E-state index in [1.165, 1.54) is 0 Å². The minimum absolute atomic E-state index is 0.0908. The standard InChI is InChI=1S/C10H19NO3/c1-3-13-9(12)7-11-8-10(2)5-4-6-14-10/h11H,3-8H2,1-2H3. The van der Waals surface area contributed by atoms with E-state index in [9.17, 15) is 4.79 Å². The Morgan fingerprint density at radius 1 is 1.64 bits per heavy atom. The molecule has 1 fully saturated rings. The lowest BCUT2D eigenvalue weighted by molar-refractivity contribution is -0.142. The highest BCUT2D eigenvalue weighted by Gasteiger charge is 2.29. The van der Waals surface area contributed by atoms with Gasteiger partial charge in [0.1, 0.15) is 0 Å².